The smallest absolute Gasteiger partial charge is 0.334 e. The van der Waals surface area contributed by atoms with Crippen molar-refractivity contribution in [1.29, 1.82) is 0 Å². The number of aliphatic carboxylic acids is 1. The second kappa shape index (κ2) is 3.64. The van der Waals surface area contributed by atoms with Crippen molar-refractivity contribution in [2.45, 2.75) is 20.0 Å². The summed E-state index contributed by atoms with van der Waals surface area (Å²) in [6.07, 6.45) is -0.684. The van der Waals surface area contributed by atoms with Crippen molar-refractivity contribution in [2.75, 3.05) is 26.7 Å². The molecule has 1 N–H and O–H groups in total. The van der Waals surface area contributed by atoms with Gasteiger partial charge in [-0.15, -0.1) is 0 Å². The van der Waals surface area contributed by atoms with Crippen molar-refractivity contribution < 1.29 is 14.6 Å². The summed E-state index contributed by atoms with van der Waals surface area (Å²) in [5.74, 6) is -0.882. The van der Waals surface area contributed by atoms with E-state index in [1.54, 1.807) is 0 Å². The second-order valence-electron chi connectivity index (χ2n) is 4.40. The number of nitrogens with zero attached hydrogens (tertiary/aromatic N) is 1. The van der Waals surface area contributed by atoms with Gasteiger partial charge in [0, 0.05) is 26.7 Å². The molecule has 4 nitrogen and oxygen atoms in total. The van der Waals surface area contributed by atoms with E-state index in [0.717, 1.165) is 13.1 Å². The maximum absolute atomic E-state index is 10.6. The summed E-state index contributed by atoms with van der Waals surface area (Å²) in [4.78, 5) is 12.7. The minimum atomic E-state index is -0.882. The molecule has 0 aromatic carbocycles. The van der Waals surface area contributed by atoms with Gasteiger partial charge < -0.3 is 9.84 Å². The average molecular weight is 187 g/mol. The number of carboxylic acids is 1. The lowest BCUT2D eigenvalue weighted by Gasteiger charge is -2.46. The summed E-state index contributed by atoms with van der Waals surface area (Å²) in [5.41, 5.74) is 0.344. The number of carboxylic acid groups (broad SMARTS) is 1. The van der Waals surface area contributed by atoms with Crippen molar-refractivity contribution in [2.24, 2.45) is 5.41 Å². The fourth-order valence-electron chi connectivity index (χ4n) is 1.78. The quantitative estimate of drug-likeness (QED) is 0.693. The van der Waals surface area contributed by atoms with E-state index in [1.807, 2.05) is 0 Å². The molecule has 0 spiro atoms. The maximum Gasteiger partial charge on any atom is 0.334 e. The van der Waals surface area contributed by atoms with Crippen molar-refractivity contribution in [3.05, 3.63) is 0 Å². The molecule has 0 aromatic rings. The molecular weight excluding hydrogens is 170 g/mol. The molecule has 0 bridgehead atoms. The molecule has 0 amide bonds. The van der Waals surface area contributed by atoms with Crippen LogP contribution in [-0.2, 0) is 9.53 Å². The number of hydrogen-bond donors (Lipinski definition) is 1. The van der Waals surface area contributed by atoms with E-state index in [9.17, 15) is 4.79 Å². The first-order valence-corrected chi connectivity index (χ1v) is 4.42. The molecule has 1 aliphatic rings. The topological polar surface area (TPSA) is 49.8 Å². The van der Waals surface area contributed by atoms with Gasteiger partial charge in [-0.1, -0.05) is 13.8 Å². The fourth-order valence-corrected chi connectivity index (χ4v) is 1.78. The Labute approximate surface area is 78.5 Å². The van der Waals surface area contributed by atoms with Gasteiger partial charge >= 0.3 is 5.97 Å². The van der Waals surface area contributed by atoms with Gasteiger partial charge in [-0.05, 0) is 5.41 Å². The van der Waals surface area contributed by atoms with Crippen LogP contribution >= 0.6 is 0 Å². The van der Waals surface area contributed by atoms with Gasteiger partial charge in [-0.3, -0.25) is 4.90 Å². The summed E-state index contributed by atoms with van der Waals surface area (Å²) >= 11 is 0. The van der Waals surface area contributed by atoms with Gasteiger partial charge in [-0.25, -0.2) is 4.79 Å². The lowest BCUT2D eigenvalue weighted by molar-refractivity contribution is -0.151. The molecule has 1 unspecified atom stereocenters. The first-order chi connectivity index (χ1) is 5.94. The number of carbonyl (C=O) groups is 1. The van der Waals surface area contributed by atoms with E-state index in [-0.39, 0.29) is 0 Å². The van der Waals surface area contributed by atoms with E-state index in [4.69, 9.17) is 9.84 Å². The number of rotatable bonds is 4. The molecular formula is C9H17NO3. The van der Waals surface area contributed by atoms with E-state index >= 15 is 0 Å². The standard InChI is InChI=1S/C9H17NO3/c1-9(2)5-10(6-9)4-7(13-3)8(11)12/h7H,4-6H2,1-3H3,(H,11,12). The number of likely N-dealkylation sites (tertiary alicyclic amines) is 1. The Kier molecular flexibility index (Phi) is 2.93. The first-order valence-electron chi connectivity index (χ1n) is 4.42. The molecule has 1 rings (SSSR count). The van der Waals surface area contributed by atoms with Crippen molar-refractivity contribution >= 4 is 5.97 Å². The third-order valence-corrected chi connectivity index (χ3v) is 2.29. The van der Waals surface area contributed by atoms with Crippen LogP contribution in [0.15, 0.2) is 0 Å². The van der Waals surface area contributed by atoms with Crippen LogP contribution in [0.5, 0.6) is 0 Å². The van der Waals surface area contributed by atoms with Gasteiger partial charge in [0.1, 0.15) is 0 Å². The Balaban J connectivity index is 2.30. The Morgan fingerprint density at radius 2 is 2.15 bits per heavy atom. The molecule has 1 aliphatic heterocycles. The highest BCUT2D eigenvalue weighted by atomic mass is 16.5. The minimum Gasteiger partial charge on any atom is -0.479 e. The summed E-state index contributed by atoms with van der Waals surface area (Å²) < 4.78 is 4.85. The summed E-state index contributed by atoms with van der Waals surface area (Å²) in [6.45, 7) is 6.76. The third-order valence-electron chi connectivity index (χ3n) is 2.29. The Hall–Kier alpha value is -0.610. The molecule has 1 atom stereocenters. The van der Waals surface area contributed by atoms with Gasteiger partial charge in [0.25, 0.3) is 0 Å². The zero-order valence-electron chi connectivity index (χ0n) is 8.41. The van der Waals surface area contributed by atoms with Crippen LogP contribution in [0.3, 0.4) is 0 Å². The fraction of sp³-hybridized carbons (Fsp3) is 0.889. The van der Waals surface area contributed by atoms with Crippen LogP contribution in [0, 0.1) is 5.41 Å². The van der Waals surface area contributed by atoms with Crippen molar-refractivity contribution in [1.82, 2.24) is 4.90 Å². The molecule has 1 saturated heterocycles. The SMILES string of the molecule is COC(CN1CC(C)(C)C1)C(=O)O. The van der Waals surface area contributed by atoms with E-state index < -0.39 is 12.1 Å². The molecule has 1 heterocycles. The van der Waals surface area contributed by atoms with Crippen molar-refractivity contribution in [3.8, 4) is 0 Å². The van der Waals surface area contributed by atoms with Crippen LogP contribution in [0.2, 0.25) is 0 Å². The van der Waals surface area contributed by atoms with Gasteiger partial charge in [-0.2, -0.15) is 0 Å². The van der Waals surface area contributed by atoms with Crippen molar-refractivity contribution in [3.63, 3.8) is 0 Å². The molecule has 1 fully saturated rings. The molecule has 13 heavy (non-hydrogen) atoms. The number of ether oxygens (including phenoxy) is 1. The number of hydrogen-bond acceptors (Lipinski definition) is 3. The lowest BCUT2D eigenvalue weighted by Crippen LogP contribution is -2.56. The maximum atomic E-state index is 10.6. The van der Waals surface area contributed by atoms with Crippen LogP contribution in [-0.4, -0.2) is 48.8 Å². The minimum absolute atomic E-state index is 0.344. The van der Waals surface area contributed by atoms with E-state index in [0.29, 0.717) is 12.0 Å². The summed E-state index contributed by atoms with van der Waals surface area (Å²) in [5, 5.41) is 8.72. The highest BCUT2D eigenvalue weighted by Crippen LogP contribution is 2.28. The van der Waals surface area contributed by atoms with E-state index in [1.165, 1.54) is 7.11 Å². The molecule has 76 valence electrons. The summed E-state index contributed by atoms with van der Waals surface area (Å²) in [6, 6.07) is 0. The number of methoxy groups -OCH3 is 1. The molecule has 0 aliphatic carbocycles. The van der Waals surface area contributed by atoms with Crippen LogP contribution in [0.4, 0.5) is 0 Å². The van der Waals surface area contributed by atoms with Gasteiger partial charge in [0.15, 0.2) is 6.10 Å². The third kappa shape index (κ3) is 2.67. The van der Waals surface area contributed by atoms with Crippen LogP contribution in [0.25, 0.3) is 0 Å². The monoisotopic (exact) mass is 187 g/mol. The van der Waals surface area contributed by atoms with Gasteiger partial charge in [0.05, 0.1) is 0 Å². The molecule has 4 heteroatoms. The average Bonchev–Trinajstić information content (AvgIpc) is 1.95. The highest BCUT2D eigenvalue weighted by molar-refractivity contribution is 5.72. The van der Waals surface area contributed by atoms with Crippen LogP contribution in [0.1, 0.15) is 13.8 Å². The molecule has 0 aromatic heterocycles. The Bertz CT molecular complexity index is 195. The first kappa shape index (κ1) is 10.5. The normalized spacial score (nSPS) is 23.6. The predicted molar refractivity (Wildman–Crippen MR) is 48.7 cm³/mol. The second-order valence-corrected chi connectivity index (χ2v) is 4.40. The zero-order valence-corrected chi connectivity index (χ0v) is 8.41. The van der Waals surface area contributed by atoms with Crippen LogP contribution < -0.4 is 0 Å². The van der Waals surface area contributed by atoms with Gasteiger partial charge in [0.2, 0.25) is 0 Å². The Morgan fingerprint density at radius 1 is 1.62 bits per heavy atom. The summed E-state index contributed by atoms with van der Waals surface area (Å²) in [7, 11) is 1.43. The molecule has 0 radical (unpaired) electrons. The largest absolute Gasteiger partial charge is 0.479 e. The van der Waals surface area contributed by atoms with E-state index in [2.05, 4.69) is 18.7 Å². The highest BCUT2D eigenvalue weighted by Gasteiger charge is 2.36. The predicted octanol–water partition coefficient (Wildman–Crippen LogP) is 0.428. The molecule has 0 saturated carbocycles. The lowest BCUT2D eigenvalue weighted by atomic mass is 9.84. The Morgan fingerprint density at radius 3 is 2.46 bits per heavy atom. The zero-order chi connectivity index (χ0) is 10.1.